The first kappa shape index (κ1) is 15.2. The molecule has 2 aromatic rings. The van der Waals surface area contributed by atoms with Gasteiger partial charge in [-0.3, -0.25) is 10.1 Å². The van der Waals surface area contributed by atoms with Crippen molar-refractivity contribution in [3.63, 3.8) is 0 Å². The molecule has 0 aliphatic heterocycles. The van der Waals surface area contributed by atoms with Gasteiger partial charge >= 0.3 is 5.69 Å². The molecule has 0 atom stereocenters. The normalized spacial score (nSPS) is 10.4. The number of pyridine rings is 1. The molecule has 2 heterocycles. The van der Waals surface area contributed by atoms with Gasteiger partial charge in [-0.15, -0.1) is 11.3 Å². The van der Waals surface area contributed by atoms with Crippen LogP contribution in [0, 0.1) is 17.0 Å². The summed E-state index contributed by atoms with van der Waals surface area (Å²) in [5.74, 6) is 0.905. The van der Waals surface area contributed by atoms with E-state index >= 15 is 0 Å². The second-order valence-electron chi connectivity index (χ2n) is 4.41. The van der Waals surface area contributed by atoms with Crippen molar-refractivity contribution in [2.24, 2.45) is 0 Å². The fourth-order valence-electron chi connectivity index (χ4n) is 1.81. The lowest BCUT2D eigenvalue weighted by Crippen LogP contribution is -2.10. The van der Waals surface area contributed by atoms with Crippen LogP contribution in [0.4, 0.5) is 17.3 Å². The molecule has 2 aromatic heterocycles. The number of nitrogens with zero attached hydrogens (tertiary/aromatic N) is 3. The third-order valence-corrected chi connectivity index (χ3v) is 3.75. The Morgan fingerprint density at radius 2 is 2.14 bits per heavy atom. The van der Waals surface area contributed by atoms with Crippen LogP contribution in [0.25, 0.3) is 0 Å². The number of aryl methyl sites for hydroxylation is 1. The topological polar surface area (TPSA) is 93.0 Å². The van der Waals surface area contributed by atoms with E-state index in [0.29, 0.717) is 25.3 Å². The fraction of sp³-hybridized carbons (Fsp3) is 0.385. The van der Waals surface area contributed by atoms with Crippen molar-refractivity contribution in [3.8, 4) is 0 Å². The molecular weight excluding hydrogens is 290 g/mol. The highest BCUT2D eigenvalue weighted by Crippen LogP contribution is 2.24. The summed E-state index contributed by atoms with van der Waals surface area (Å²) in [4.78, 5) is 19.2. The van der Waals surface area contributed by atoms with Gasteiger partial charge in [-0.05, 0) is 19.9 Å². The van der Waals surface area contributed by atoms with Crippen molar-refractivity contribution in [1.29, 1.82) is 0 Å². The Morgan fingerprint density at radius 3 is 2.76 bits per heavy atom. The van der Waals surface area contributed by atoms with Gasteiger partial charge in [0.2, 0.25) is 5.82 Å². The smallest absolute Gasteiger partial charge is 0.311 e. The Kier molecular flexibility index (Phi) is 5.04. The maximum absolute atomic E-state index is 11.0. The van der Waals surface area contributed by atoms with Gasteiger partial charge < -0.3 is 10.6 Å². The molecule has 8 heteroatoms. The van der Waals surface area contributed by atoms with E-state index in [4.69, 9.17) is 0 Å². The van der Waals surface area contributed by atoms with Gasteiger partial charge in [0, 0.05) is 36.7 Å². The van der Waals surface area contributed by atoms with Crippen LogP contribution in [-0.2, 0) is 6.42 Å². The molecule has 7 nitrogen and oxygen atoms in total. The molecule has 0 saturated carbocycles. The Hall–Kier alpha value is -2.22. The highest BCUT2D eigenvalue weighted by molar-refractivity contribution is 7.09. The van der Waals surface area contributed by atoms with Crippen LogP contribution >= 0.6 is 11.3 Å². The molecule has 0 unspecified atom stereocenters. The van der Waals surface area contributed by atoms with E-state index < -0.39 is 4.92 Å². The van der Waals surface area contributed by atoms with Crippen LogP contribution in [0.15, 0.2) is 17.5 Å². The van der Waals surface area contributed by atoms with Gasteiger partial charge in [-0.25, -0.2) is 9.97 Å². The Bertz CT molecular complexity index is 629. The molecule has 0 aromatic carbocycles. The number of anilines is 2. The maximum Gasteiger partial charge on any atom is 0.311 e. The monoisotopic (exact) mass is 307 g/mol. The van der Waals surface area contributed by atoms with Crippen molar-refractivity contribution >= 4 is 28.7 Å². The van der Waals surface area contributed by atoms with E-state index in [9.17, 15) is 10.1 Å². The van der Waals surface area contributed by atoms with Crippen LogP contribution in [-0.4, -0.2) is 28.0 Å². The lowest BCUT2D eigenvalue weighted by Gasteiger charge is -2.08. The predicted molar refractivity (Wildman–Crippen MR) is 84.1 cm³/mol. The van der Waals surface area contributed by atoms with Crippen LogP contribution in [0.3, 0.4) is 0 Å². The minimum atomic E-state index is -0.432. The first-order chi connectivity index (χ1) is 10.1. The molecule has 2 rings (SSSR count). The van der Waals surface area contributed by atoms with Crippen molar-refractivity contribution in [3.05, 3.63) is 38.3 Å². The van der Waals surface area contributed by atoms with Crippen molar-refractivity contribution in [2.45, 2.75) is 20.3 Å². The first-order valence-corrected chi connectivity index (χ1v) is 7.52. The van der Waals surface area contributed by atoms with Crippen molar-refractivity contribution < 1.29 is 4.92 Å². The summed E-state index contributed by atoms with van der Waals surface area (Å²) in [7, 11) is 0. The second kappa shape index (κ2) is 6.98. The molecule has 0 spiro atoms. The largest absolute Gasteiger partial charge is 0.370 e. The summed E-state index contributed by atoms with van der Waals surface area (Å²) in [5.41, 5.74) is 0.972. The summed E-state index contributed by atoms with van der Waals surface area (Å²) in [6.07, 6.45) is 0.711. The molecule has 0 amide bonds. The molecule has 0 bridgehead atoms. The number of nitrogens with one attached hydrogen (secondary N) is 2. The fourth-order valence-corrected chi connectivity index (χ4v) is 2.59. The summed E-state index contributed by atoms with van der Waals surface area (Å²) in [6.45, 7) is 5.15. The minimum Gasteiger partial charge on any atom is -0.370 e. The van der Waals surface area contributed by atoms with Gasteiger partial charge in [0.15, 0.2) is 0 Å². The number of nitro groups is 1. The molecule has 21 heavy (non-hydrogen) atoms. The number of hydrogen-bond donors (Lipinski definition) is 2. The summed E-state index contributed by atoms with van der Waals surface area (Å²) >= 11 is 1.59. The van der Waals surface area contributed by atoms with E-state index in [-0.39, 0.29) is 11.5 Å². The molecule has 0 saturated heterocycles. The zero-order chi connectivity index (χ0) is 15.2. The van der Waals surface area contributed by atoms with Gasteiger partial charge in [-0.1, -0.05) is 0 Å². The average Bonchev–Trinajstić information content (AvgIpc) is 2.85. The molecule has 0 aliphatic rings. The van der Waals surface area contributed by atoms with Crippen LogP contribution in [0.2, 0.25) is 0 Å². The Balaban J connectivity index is 2.05. The van der Waals surface area contributed by atoms with Crippen LogP contribution < -0.4 is 10.6 Å². The van der Waals surface area contributed by atoms with Crippen LogP contribution in [0.1, 0.15) is 17.6 Å². The SMILES string of the molecule is CCNc1ccc([N+](=O)[O-])c(NCCc2nc(C)cs2)n1. The number of thiazole rings is 1. The number of hydrogen-bond acceptors (Lipinski definition) is 7. The van der Waals surface area contributed by atoms with Gasteiger partial charge in [0.25, 0.3) is 0 Å². The predicted octanol–water partition coefficient (Wildman–Crippen LogP) is 2.84. The van der Waals surface area contributed by atoms with Gasteiger partial charge in [-0.2, -0.15) is 0 Å². The van der Waals surface area contributed by atoms with E-state index in [0.717, 1.165) is 10.7 Å². The molecule has 0 fully saturated rings. The van der Waals surface area contributed by atoms with Gasteiger partial charge in [0.1, 0.15) is 5.82 Å². The van der Waals surface area contributed by atoms with E-state index in [2.05, 4.69) is 20.6 Å². The zero-order valence-corrected chi connectivity index (χ0v) is 12.7. The quantitative estimate of drug-likeness (QED) is 0.603. The lowest BCUT2D eigenvalue weighted by atomic mass is 10.3. The Labute approximate surface area is 126 Å². The van der Waals surface area contributed by atoms with Crippen molar-refractivity contribution in [2.75, 3.05) is 23.7 Å². The van der Waals surface area contributed by atoms with E-state index in [1.54, 1.807) is 17.4 Å². The first-order valence-electron chi connectivity index (χ1n) is 6.64. The Morgan fingerprint density at radius 1 is 1.33 bits per heavy atom. The molecule has 2 N–H and O–H groups in total. The van der Waals surface area contributed by atoms with Gasteiger partial charge in [0.05, 0.1) is 9.93 Å². The maximum atomic E-state index is 11.0. The lowest BCUT2D eigenvalue weighted by molar-refractivity contribution is -0.384. The second-order valence-corrected chi connectivity index (χ2v) is 5.35. The highest BCUT2D eigenvalue weighted by Gasteiger charge is 2.15. The van der Waals surface area contributed by atoms with Crippen LogP contribution in [0.5, 0.6) is 0 Å². The number of rotatable bonds is 7. The molecular formula is C13H17N5O2S. The highest BCUT2D eigenvalue weighted by atomic mass is 32.1. The molecule has 0 aliphatic carbocycles. The summed E-state index contributed by atoms with van der Waals surface area (Å²) in [6, 6.07) is 3.07. The standard InChI is InChI=1S/C13H17N5O2S/c1-3-14-11-5-4-10(18(19)20)13(17-11)15-7-6-12-16-9(2)8-21-12/h4-5,8H,3,6-7H2,1-2H3,(H2,14,15,17). The molecule has 0 radical (unpaired) electrons. The summed E-state index contributed by atoms with van der Waals surface area (Å²) in [5, 5.41) is 20.1. The average molecular weight is 307 g/mol. The van der Waals surface area contributed by atoms with E-state index in [1.165, 1.54) is 6.07 Å². The van der Waals surface area contributed by atoms with E-state index in [1.807, 2.05) is 19.2 Å². The zero-order valence-electron chi connectivity index (χ0n) is 11.9. The third kappa shape index (κ3) is 4.12. The third-order valence-electron chi connectivity index (χ3n) is 2.73. The summed E-state index contributed by atoms with van der Waals surface area (Å²) < 4.78 is 0. The number of aromatic nitrogens is 2. The van der Waals surface area contributed by atoms with Crippen molar-refractivity contribution in [1.82, 2.24) is 9.97 Å². The molecule has 112 valence electrons. The minimum absolute atomic E-state index is 0.0213.